The molecule has 0 aromatic carbocycles. The van der Waals surface area contributed by atoms with Crippen molar-refractivity contribution in [2.24, 2.45) is 0 Å². The van der Waals surface area contributed by atoms with E-state index in [1.165, 1.54) is 18.7 Å². The number of hydrogen-bond acceptors (Lipinski definition) is 6. The number of thioether (sulfide) groups is 1. The van der Waals surface area contributed by atoms with Crippen LogP contribution in [-0.2, 0) is 11.0 Å². The molecule has 2 N–H and O–H groups in total. The number of nitrogens with one attached hydrogen (secondary N) is 2. The van der Waals surface area contributed by atoms with Gasteiger partial charge in [-0.1, -0.05) is 6.92 Å². The summed E-state index contributed by atoms with van der Waals surface area (Å²) in [7, 11) is 0. The smallest absolute Gasteiger partial charge is 0.310 e. The van der Waals surface area contributed by atoms with Crippen LogP contribution in [-0.4, -0.2) is 41.4 Å². The van der Waals surface area contributed by atoms with Gasteiger partial charge in [0.25, 0.3) is 0 Å². The van der Waals surface area contributed by atoms with Crippen LogP contribution in [0, 0.1) is 0 Å². The van der Waals surface area contributed by atoms with Crippen LogP contribution >= 0.6 is 11.8 Å². The first-order valence-corrected chi connectivity index (χ1v) is 8.07. The predicted molar refractivity (Wildman–Crippen MR) is 84.1 cm³/mol. The quantitative estimate of drug-likeness (QED) is 0.684. The average molecular weight is 371 g/mol. The molecule has 132 valence electrons. The van der Waals surface area contributed by atoms with E-state index in [4.69, 9.17) is 0 Å². The highest BCUT2D eigenvalue weighted by Crippen LogP contribution is 2.34. The summed E-state index contributed by atoms with van der Waals surface area (Å²) in [4.78, 5) is 19.3. The number of carbonyl (C=O) groups excluding carboxylic acids is 1. The second kappa shape index (κ2) is 6.35. The lowest BCUT2D eigenvalue weighted by atomic mass is 10.4. The number of fused-ring (bicyclic) bond motifs is 1. The largest absolute Gasteiger partial charge is 0.433 e. The van der Waals surface area contributed by atoms with Gasteiger partial charge in [-0.05, 0) is 5.75 Å². The maximum absolute atomic E-state index is 12.8. The van der Waals surface area contributed by atoms with Crippen molar-refractivity contribution in [1.29, 1.82) is 0 Å². The van der Waals surface area contributed by atoms with E-state index in [-0.39, 0.29) is 17.4 Å². The highest BCUT2D eigenvalue weighted by atomic mass is 32.2. The molecular formula is C13H12F3N7OS. The summed E-state index contributed by atoms with van der Waals surface area (Å²) in [5.74, 6) is 0.925. The van der Waals surface area contributed by atoms with Crippen LogP contribution in [0.25, 0.3) is 17.2 Å². The summed E-state index contributed by atoms with van der Waals surface area (Å²) in [6.45, 7) is 3.27. The normalized spacial score (nSPS) is 11.9. The van der Waals surface area contributed by atoms with E-state index < -0.39 is 11.9 Å². The van der Waals surface area contributed by atoms with Crippen molar-refractivity contribution in [3.05, 3.63) is 18.1 Å². The molecule has 3 aromatic heterocycles. The van der Waals surface area contributed by atoms with Crippen LogP contribution in [0.5, 0.6) is 0 Å². The SMILES string of the molecule is CCSc1c(-c2nc3cc(C(F)(F)F)ncn3n2)n[nH]c1NC(C)=O. The Labute approximate surface area is 143 Å². The molecule has 0 fully saturated rings. The van der Waals surface area contributed by atoms with Crippen LogP contribution in [0.3, 0.4) is 0 Å². The first-order valence-electron chi connectivity index (χ1n) is 7.08. The molecule has 0 bridgehead atoms. The van der Waals surface area contributed by atoms with E-state index in [1.54, 1.807) is 0 Å². The van der Waals surface area contributed by atoms with E-state index in [0.29, 0.717) is 22.2 Å². The number of aromatic amines is 1. The minimum Gasteiger partial charge on any atom is -0.310 e. The summed E-state index contributed by atoms with van der Waals surface area (Å²) in [6, 6.07) is 0.810. The van der Waals surface area contributed by atoms with Gasteiger partial charge in [0.1, 0.15) is 23.5 Å². The zero-order valence-corrected chi connectivity index (χ0v) is 13.9. The van der Waals surface area contributed by atoms with Gasteiger partial charge in [0, 0.05) is 13.0 Å². The van der Waals surface area contributed by atoms with Crippen molar-refractivity contribution < 1.29 is 18.0 Å². The van der Waals surface area contributed by atoms with Crippen LogP contribution in [0.1, 0.15) is 19.5 Å². The van der Waals surface area contributed by atoms with Crippen molar-refractivity contribution in [2.75, 3.05) is 11.1 Å². The topological polar surface area (TPSA) is 101 Å². The Morgan fingerprint density at radius 1 is 1.44 bits per heavy atom. The Morgan fingerprint density at radius 2 is 2.20 bits per heavy atom. The molecule has 0 radical (unpaired) electrons. The van der Waals surface area contributed by atoms with Crippen molar-refractivity contribution in [2.45, 2.75) is 24.9 Å². The first kappa shape index (κ1) is 17.2. The van der Waals surface area contributed by atoms with Crippen molar-refractivity contribution >= 4 is 29.1 Å². The molecule has 25 heavy (non-hydrogen) atoms. The van der Waals surface area contributed by atoms with Crippen molar-refractivity contribution in [3.8, 4) is 11.5 Å². The van der Waals surface area contributed by atoms with Gasteiger partial charge in [0.2, 0.25) is 11.7 Å². The highest BCUT2D eigenvalue weighted by Gasteiger charge is 2.33. The highest BCUT2D eigenvalue weighted by molar-refractivity contribution is 7.99. The van der Waals surface area contributed by atoms with Crippen molar-refractivity contribution in [1.82, 2.24) is 29.8 Å². The lowest BCUT2D eigenvalue weighted by Crippen LogP contribution is -2.08. The summed E-state index contributed by atoms with van der Waals surface area (Å²) in [5.41, 5.74) is -0.718. The fraction of sp³-hybridized carbons (Fsp3) is 0.308. The number of halogens is 3. The number of nitrogens with zero attached hydrogens (tertiary/aromatic N) is 5. The molecule has 12 heteroatoms. The molecule has 0 unspecified atom stereocenters. The third-order valence-corrected chi connectivity index (χ3v) is 4.02. The molecule has 1 amide bonds. The standard InChI is InChI=1S/C13H12F3N7OS/c1-3-25-10-9(20-21-12(10)18-6(2)24)11-19-8-4-7(13(14,15)16)17-5-23(8)22-11/h4-5H,3H2,1-2H3,(H2,18,20,21,24). The Kier molecular flexibility index (Phi) is 4.37. The monoisotopic (exact) mass is 371 g/mol. The molecule has 0 atom stereocenters. The zero-order chi connectivity index (χ0) is 18.2. The van der Waals surface area contributed by atoms with Gasteiger partial charge < -0.3 is 5.32 Å². The Balaban J connectivity index is 2.07. The molecule has 0 aliphatic rings. The van der Waals surface area contributed by atoms with E-state index in [9.17, 15) is 18.0 Å². The molecule has 0 saturated carbocycles. The lowest BCUT2D eigenvalue weighted by Gasteiger charge is -2.03. The third-order valence-electron chi connectivity index (χ3n) is 3.04. The van der Waals surface area contributed by atoms with E-state index in [0.717, 1.165) is 16.9 Å². The average Bonchev–Trinajstić information content (AvgIpc) is 3.09. The Morgan fingerprint density at radius 3 is 2.84 bits per heavy atom. The van der Waals surface area contributed by atoms with E-state index in [1.807, 2.05) is 6.92 Å². The maximum Gasteiger partial charge on any atom is 0.433 e. The summed E-state index contributed by atoms with van der Waals surface area (Å²) < 4.78 is 39.4. The number of anilines is 1. The molecule has 8 nitrogen and oxygen atoms in total. The zero-order valence-electron chi connectivity index (χ0n) is 13.0. The molecular weight excluding hydrogens is 359 g/mol. The lowest BCUT2D eigenvalue weighted by molar-refractivity contribution is -0.141. The van der Waals surface area contributed by atoms with Gasteiger partial charge in [-0.3, -0.25) is 9.89 Å². The van der Waals surface area contributed by atoms with Crippen molar-refractivity contribution in [3.63, 3.8) is 0 Å². The molecule has 0 saturated heterocycles. The number of aromatic nitrogens is 6. The number of amides is 1. The van der Waals surface area contributed by atoms with Gasteiger partial charge in [0.05, 0.1) is 4.90 Å². The second-order valence-electron chi connectivity index (χ2n) is 4.90. The Bertz CT molecular complexity index is 933. The molecule has 3 aromatic rings. The minimum absolute atomic E-state index is 0.00569. The number of alkyl halides is 3. The van der Waals surface area contributed by atoms with Crippen LogP contribution in [0.15, 0.2) is 17.3 Å². The number of H-pyrrole nitrogens is 1. The number of carbonyl (C=O) groups is 1. The third kappa shape index (κ3) is 3.43. The van der Waals surface area contributed by atoms with Crippen LogP contribution in [0.2, 0.25) is 0 Å². The fourth-order valence-corrected chi connectivity index (χ4v) is 2.88. The van der Waals surface area contributed by atoms with E-state index in [2.05, 4.69) is 30.6 Å². The van der Waals surface area contributed by atoms with Gasteiger partial charge in [-0.25, -0.2) is 14.5 Å². The summed E-state index contributed by atoms with van der Waals surface area (Å²) in [5, 5.41) is 13.5. The second-order valence-corrected chi connectivity index (χ2v) is 6.17. The molecule has 0 spiro atoms. The van der Waals surface area contributed by atoms with Crippen LogP contribution < -0.4 is 5.32 Å². The fourth-order valence-electron chi connectivity index (χ4n) is 2.08. The predicted octanol–water partition coefficient (Wildman–Crippen LogP) is 2.60. The van der Waals surface area contributed by atoms with Gasteiger partial charge in [-0.15, -0.1) is 16.9 Å². The van der Waals surface area contributed by atoms with Gasteiger partial charge >= 0.3 is 6.18 Å². The molecule has 0 aliphatic heterocycles. The minimum atomic E-state index is -4.57. The molecule has 0 aliphatic carbocycles. The molecule has 3 rings (SSSR count). The van der Waals surface area contributed by atoms with Gasteiger partial charge in [0.15, 0.2) is 5.65 Å². The summed E-state index contributed by atoms with van der Waals surface area (Å²) >= 11 is 1.40. The van der Waals surface area contributed by atoms with E-state index >= 15 is 0 Å². The van der Waals surface area contributed by atoms with Crippen LogP contribution in [0.4, 0.5) is 19.0 Å². The van der Waals surface area contributed by atoms with Gasteiger partial charge in [-0.2, -0.15) is 18.3 Å². The number of rotatable bonds is 4. The molecule has 3 heterocycles. The maximum atomic E-state index is 12.8. The summed E-state index contributed by atoms with van der Waals surface area (Å²) in [6.07, 6.45) is -3.62. The Hall–Kier alpha value is -2.63. The number of hydrogen-bond donors (Lipinski definition) is 2. The first-order chi connectivity index (χ1) is 11.8.